The SMILES string of the molecule is CC[C@@H](C)NC(=O)[C@H](C)N(Cc1ccc(C)cc1)C(=O)CN(c1cccc([N+](=O)[O-])c1)S(C)(=O)=O. The highest BCUT2D eigenvalue weighted by Crippen LogP contribution is 2.24. The van der Waals surface area contributed by atoms with Crippen molar-refractivity contribution in [2.45, 2.75) is 52.7 Å². The molecule has 0 spiro atoms. The number of hydrogen-bond donors (Lipinski definition) is 1. The molecular formula is C24H32N4O6S. The molecule has 0 unspecified atom stereocenters. The largest absolute Gasteiger partial charge is 0.352 e. The Labute approximate surface area is 206 Å². The third kappa shape index (κ3) is 7.78. The Balaban J connectivity index is 2.41. The van der Waals surface area contributed by atoms with Crippen molar-refractivity contribution in [2.75, 3.05) is 17.1 Å². The summed E-state index contributed by atoms with van der Waals surface area (Å²) in [6, 6.07) is 11.5. The van der Waals surface area contributed by atoms with Gasteiger partial charge in [0.15, 0.2) is 0 Å². The molecule has 0 fully saturated rings. The van der Waals surface area contributed by atoms with E-state index in [2.05, 4.69) is 5.32 Å². The lowest BCUT2D eigenvalue weighted by Crippen LogP contribution is -2.52. The van der Waals surface area contributed by atoms with Crippen LogP contribution in [-0.4, -0.2) is 54.9 Å². The molecule has 0 aliphatic heterocycles. The van der Waals surface area contributed by atoms with E-state index in [1.165, 1.54) is 23.1 Å². The van der Waals surface area contributed by atoms with Gasteiger partial charge >= 0.3 is 0 Å². The number of amides is 2. The lowest BCUT2D eigenvalue weighted by Gasteiger charge is -2.32. The van der Waals surface area contributed by atoms with Gasteiger partial charge in [0.05, 0.1) is 16.9 Å². The van der Waals surface area contributed by atoms with Gasteiger partial charge in [-0.3, -0.25) is 24.0 Å². The fourth-order valence-electron chi connectivity index (χ4n) is 3.31. The summed E-state index contributed by atoms with van der Waals surface area (Å²) < 4.78 is 25.9. The van der Waals surface area contributed by atoms with Crippen LogP contribution in [0.1, 0.15) is 38.3 Å². The van der Waals surface area contributed by atoms with Gasteiger partial charge < -0.3 is 10.2 Å². The maximum absolute atomic E-state index is 13.5. The highest BCUT2D eigenvalue weighted by Gasteiger charge is 2.30. The average Bonchev–Trinajstić information content (AvgIpc) is 2.80. The fourth-order valence-corrected chi connectivity index (χ4v) is 4.16. The summed E-state index contributed by atoms with van der Waals surface area (Å²) in [5, 5.41) is 14.0. The molecule has 2 aromatic rings. The van der Waals surface area contributed by atoms with Crippen LogP contribution in [0.15, 0.2) is 48.5 Å². The van der Waals surface area contributed by atoms with E-state index in [1.807, 2.05) is 45.0 Å². The first-order valence-corrected chi connectivity index (χ1v) is 13.1. The number of non-ortho nitro benzene ring substituents is 1. The number of nitrogens with zero attached hydrogens (tertiary/aromatic N) is 3. The minimum atomic E-state index is -3.97. The van der Waals surface area contributed by atoms with Gasteiger partial charge in [0, 0.05) is 24.7 Å². The molecule has 0 aromatic heterocycles. The molecule has 0 heterocycles. The predicted octanol–water partition coefficient (Wildman–Crippen LogP) is 3.00. The van der Waals surface area contributed by atoms with Crippen LogP contribution < -0.4 is 9.62 Å². The predicted molar refractivity (Wildman–Crippen MR) is 134 cm³/mol. The monoisotopic (exact) mass is 504 g/mol. The van der Waals surface area contributed by atoms with E-state index in [4.69, 9.17) is 0 Å². The van der Waals surface area contributed by atoms with Crippen LogP contribution in [0.3, 0.4) is 0 Å². The summed E-state index contributed by atoms with van der Waals surface area (Å²) >= 11 is 0. The van der Waals surface area contributed by atoms with Crippen LogP contribution in [-0.2, 0) is 26.2 Å². The number of carbonyl (C=O) groups excluding carboxylic acids is 2. The van der Waals surface area contributed by atoms with Crippen molar-refractivity contribution in [2.24, 2.45) is 0 Å². The number of benzene rings is 2. The van der Waals surface area contributed by atoms with Crippen molar-refractivity contribution in [3.8, 4) is 0 Å². The zero-order chi connectivity index (χ0) is 26.3. The summed E-state index contributed by atoms with van der Waals surface area (Å²) in [6.45, 7) is 6.76. The topological polar surface area (TPSA) is 130 Å². The number of sulfonamides is 1. The number of nitro benzene ring substituents is 1. The molecule has 0 aliphatic rings. The van der Waals surface area contributed by atoms with Crippen molar-refractivity contribution in [1.82, 2.24) is 10.2 Å². The van der Waals surface area contributed by atoms with Gasteiger partial charge in [0.25, 0.3) is 5.69 Å². The molecule has 0 saturated heterocycles. The molecule has 2 aromatic carbocycles. The smallest absolute Gasteiger partial charge is 0.271 e. The van der Waals surface area contributed by atoms with Crippen molar-refractivity contribution < 1.29 is 22.9 Å². The standard InChI is InChI=1S/C24H32N4O6S/c1-6-18(3)25-24(30)19(4)26(15-20-12-10-17(2)11-13-20)23(29)16-27(35(5,33)34)21-8-7-9-22(14-21)28(31)32/h7-14,18-19H,6,15-16H2,1-5H3,(H,25,30)/t18-,19+/m1/s1. The van der Waals surface area contributed by atoms with Crippen LogP contribution >= 0.6 is 0 Å². The number of aryl methyl sites for hydroxylation is 1. The number of nitrogens with one attached hydrogen (secondary N) is 1. The third-order valence-electron chi connectivity index (χ3n) is 5.65. The van der Waals surface area contributed by atoms with Gasteiger partial charge in [-0.2, -0.15) is 0 Å². The summed E-state index contributed by atoms with van der Waals surface area (Å²) in [5.74, 6) is -0.977. The number of nitro groups is 1. The Bertz CT molecular complexity index is 1170. The molecule has 0 saturated carbocycles. The Kier molecular flexibility index (Phi) is 9.35. The third-order valence-corrected chi connectivity index (χ3v) is 6.79. The van der Waals surface area contributed by atoms with Gasteiger partial charge in [0.1, 0.15) is 12.6 Å². The van der Waals surface area contributed by atoms with Gasteiger partial charge in [-0.25, -0.2) is 8.42 Å². The van der Waals surface area contributed by atoms with E-state index in [1.54, 1.807) is 6.92 Å². The van der Waals surface area contributed by atoms with Crippen LogP contribution in [0, 0.1) is 17.0 Å². The molecule has 0 radical (unpaired) electrons. The van der Waals surface area contributed by atoms with E-state index in [9.17, 15) is 28.1 Å². The molecule has 0 aliphatic carbocycles. The summed E-state index contributed by atoms with van der Waals surface area (Å²) in [6.07, 6.45) is 1.63. The maximum Gasteiger partial charge on any atom is 0.271 e. The normalized spacial score (nSPS) is 12.9. The number of hydrogen-bond acceptors (Lipinski definition) is 6. The van der Waals surface area contributed by atoms with E-state index in [0.717, 1.165) is 27.8 Å². The van der Waals surface area contributed by atoms with Crippen LogP contribution in [0.25, 0.3) is 0 Å². The number of carbonyl (C=O) groups is 2. The maximum atomic E-state index is 13.5. The zero-order valence-electron chi connectivity index (χ0n) is 20.6. The Hall–Kier alpha value is -3.47. The molecule has 2 atom stereocenters. The molecule has 190 valence electrons. The Morgan fingerprint density at radius 3 is 2.29 bits per heavy atom. The Morgan fingerprint density at radius 2 is 1.74 bits per heavy atom. The van der Waals surface area contributed by atoms with E-state index < -0.39 is 33.4 Å². The first-order chi connectivity index (χ1) is 16.3. The van der Waals surface area contributed by atoms with Gasteiger partial charge in [-0.05, 0) is 38.8 Å². The molecule has 11 heteroatoms. The molecule has 1 N–H and O–H groups in total. The molecule has 35 heavy (non-hydrogen) atoms. The second-order valence-electron chi connectivity index (χ2n) is 8.55. The van der Waals surface area contributed by atoms with Crippen LogP contribution in [0.2, 0.25) is 0 Å². The summed E-state index contributed by atoms with van der Waals surface area (Å²) in [4.78, 5) is 38.2. The first kappa shape index (κ1) is 27.8. The number of rotatable bonds is 11. The summed E-state index contributed by atoms with van der Waals surface area (Å²) in [7, 11) is -3.97. The Morgan fingerprint density at radius 1 is 1.11 bits per heavy atom. The van der Waals surface area contributed by atoms with Crippen molar-refractivity contribution in [3.05, 3.63) is 69.8 Å². The summed E-state index contributed by atoms with van der Waals surface area (Å²) in [5.41, 5.74) is 1.49. The van der Waals surface area contributed by atoms with Crippen molar-refractivity contribution in [1.29, 1.82) is 0 Å². The van der Waals surface area contributed by atoms with E-state index in [-0.39, 0.29) is 29.9 Å². The minimum absolute atomic E-state index is 0.0120. The van der Waals surface area contributed by atoms with E-state index in [0.29, 0.717) is 6.42 Å². The van der Waals surface area contributed by atoms with Gasteiger partial charge in [-0.15, -0.1) is 0 Å². The quantitative estimate of drug-likeness (QED) is 0.370. The van der Waals surface area contributed by atoms with Crippen molar-refractivity contribution in [3.63, 3.8) is 0 Å². The van der Waals surface area contributed by atoms with E-state index >= 15 is 0 Å². The second-order valence-corrected chi connectivity index (χ2v) is 10.5. The minimum Gasteiger partial charge on any atom is -0.352 e. The lowest BCUT2D eigenvalue weighted by atomic mass is 10.1. The highest BCUT2D eigenvalue weighted by molar-refractivity contribution is 7.92. The molecule has 2 rings (SSSR count). The first-order valence-electron chi connectivity index (χ1n) is 11.2. The molecule has 2 amide bonds. The fraction of sp³-hybridized carbons (Fsp3) is 0.417. The molecule has 10 nitrogen and oxygen atoms in total. The zero-order valence-corrected chi connectivity index (χ0v) is 21.4. The van der Waals surface area contributed by atoms with Gasteiger partial charge in [-0.1, -0.05) is 42.8 Å². The van der Waals surface area contributed by atoms with Crippen LogP contribution in [0.4, 0.5) is 11.4 Å². The average molecular weight is 505 g/mol. The molecule has 0 bridgehead atoms. The van der Waals surface area contributed by atoms with Crippen molar-refractivity contribution >= 4 is 33.2 Å². The lowest BCUT2D eigenvalue weighted by molar-refractivity contribution is -0.384. The van der Waals surface area contributed by atoms with Crippen LogP contribution in [0.5, 0.6) is 0 Å². The molecular weight excluding hydrogens is 472 g/mol. The second kappa shape index (κ2) is 11.8. The van der Waals surface area contributed by atoms with Gasteiger partial charge in [0.2, 0.25) is 21.8 Å². The highest BCUT2D eigenvalue weighted by atomic mass is 32.2. The number of anilines is 1.